The molecule has 0 aliphatic heterocycles. The minimum absolute atomic E-state index is 0.0521. The van der Waals surface area contributed by atoms with Gasteiger partial charge in [0.25, 0.3) is 0 Å². The number of nitrogens with one attached hydrogen (secondary N) is 1. The summed E-state index contributed by atoms with van der Waals surface area (Å²) in [5, 5.41) is 2.62. The highest BCUT2D eigenvalue weighted by Crippen LogP contribution is 2.31. The maximum Gasteiger partial charge on any atom is 0.408 e. The van der Waals surface area contributed by atoms with Crippen LogP contribution in [0.1, 0.15) is 157 Å². The number of amides is 1. The van der Waals surface area contributed by atoms with E-state index in [0.29, 0.717) is 47.2 Å². The number of nitrogens with two attached hydrogens (primary N) is 1. The molecule has 0 spiro atoms. The van der Waals surface area contributed by atoms with Gasteiger partial charge in [-0.3, -0.25) is 4.79 Å². The summed E-state index contributed by atoms with van der Waals surface area (Å²) in [6.45, 7) is 16.3. The molecule has 1 amide bonds. The molecule has 3 N–H and O–H groups in total. The summed E-state index contributed by atoms with van der Waals surface area (Å²) in [6, 6.07) is 31.1. The first-order valence-electron chi connectivity index (χ1n) is 27.6. The van der Waals surface area contributed by atoms with Gasteiger partial charge < -0.3 is 53.7 Å². The average molecular weight is 1110 g/mol. The van der Waals surface area contributed by atoms with Crippen LogP contribution in [0.3, 0.4) is 0 Å². The fourth-order valence-electron chi connectivity index (χ4n) is 7.75. The normalized spacial score (nSPS) is 11.8. The first kappa shape index (κ1) is 64.9. The van der Waals surface area contributed by atoms with Crippen molar-refractivity contribution in [3.8, 4) is 34.5 Å². The zero-order valence-electron chi connectivity index (χ0n) is 48.5. The molecule has 16 nitrogen and oxygen atoms in total. The Morgan fingerprint density at radius 1 is 0.500 bits per heavy atom. The molecule has 5 aromatic rings. The van der Waals surface area contributed by atoms with Crippen molar-refractivity contribution in [2.24, 2.45) is 5.73 Å². The van der Waals surface area contributed by atoms with E-state index in [2.05, 4.69) is 19.2 Å². The monoisotopic (exact) mass is 1100 g/mol. The molecular weight excluding hydrogens is 1020 g/mol. The molecule has 0 saturated heterocycles. The number of carbonyl (C=O) groups excluding carboxylic acids is 5. The van der Waals surface area contributed by atoms with Gasteiger partial charge in [0.15, 0.2) is 23.0 Å². The molecule has 0 bridgehead atoms. The van der Waals surface area contributed by atoms with Crippen LogP contribution in [0.25, 0.3) is 0 Å². The topological polar surface area (TPSA) is 206 Å². The number of carbonyl (C=O) groups is 5. The minimum atomic E-state index is -1.04. The first-order chi connectivity index (χ1) is 38.2. The molecule has 0 heterocycles. The van der Waals surface area contributed by atoms with Crippen LogP contribution in [0, 0.1) is 0 Å². The average Bonchev–Trinajstić information content (AvgIpc) is 3.43. The Hall–Kier alpha value is -7.59. The van der Waals surface area contributed by atoms with Crippen molar-refractivity contribution in [1.82, 2.24) is 5.32 Å². The van der Waals surface area contributed by atoms with Crippen LogP contribution in [0.4, 0.5) is 4.79 Å². The molecule has 5 rings (SSSR count). The lowest BCUT2D eigenvalue weighted by molar-refractivity contribution is -0.158. The molecule has 0 aliphatic rings. The SMILES string of the molecule is CCCCCCCOc1ccc(C(=O)Oc2ccc(C[C@H](N)C(=O)OC(C)(C)C)cc2OC)cc1.CCCCCCCOc1ccc(C(=O)Oc2ccc(C[C@H](NC(=O)OCc3ccccc3)C(=O)OC(C)(C)C)cc2OC)cc1. The number of methoxy groups -OCH3 is 2. The van der Waals surface area contributed by atoms with Gasteiger partial charge in [-0.05, 0) is 150 Å². The van der Waals surface area contributed by atoms with Crippen LogP contribution < -0.4 is 39.5 Å². The van der Waals surface area contributed by atoms with E-state index in [4.69, 9.17) is 48.4 Å². The Labute approximate surface area is 473 Å². The molecule has 0 aromatic heterocycles. The fourth-order valence-corrected chi connectivity index (χ4v) is 7.75. The number of esters is 4. The molecular formula is C64H84N2O14. The summed E-state index contributed by atoms with van der Waals surface area (Å²) >= 11 is 0. The summed E-state index contributed by atoms with van der Waals surface area (Å²) in [4.78, 5) is 63.3. The van der Waals surface area contributed by atoms with E-state index < -0.39 is 53.3 Å². The lowest BCUT2D eigenvalue weighted by Crippen LogP contribution is -2.45. The predicted octanol–water partition coefficient (Wildman–Crippen LogP) is 12.9. The van der Waals surface area contributed by atoms with Crippen molar-refractivity contribution >= 4 is 30.0 Å². The van der Waals surface area contributed by atoms with Crippen LogP contribution in [0.5, 0.6) is 34.5 Å². The molecule has 16 heteroatoms. The third-order valence-corrected chi connectivity index (χ3v) is 11.9. The Bertz CT molecular complexity index is 2680. The van der Waals surface area contributed by atoms with E-state index in [1.165, 1.54) is 52.7 Å². The number of alkyl carbamates (subject to hydrolysis) is 1. The highest BCUT2D eigenvalue weighted by molar-refractivity contribution is 5.92. The maximum atomic E-state index is 13.0. The standard InChI is InChI=1S/C36H45NO8.C28H39NO6/c1-6-7-8-9-13-22-42-29-19-17-28(18-20-29)33(38)44-31-21-16-27(24-32(31)41-5)23-30(34(39)45-36(2,3)4)37-35(40)43-25-26-14-11-10-12-15-26;1-6-7-8-9-10-17-33-22-14-12-21(13-15-22)26(30)34-24-16-11-20(19-25(24)32-5)18-23(29)27(31)35-28(2,3)4/h10-12,14-21,24,30H,6-9,13,22-23,25H2,1-5H3,(H,37,40);11-16,19,23H,6-10,17-18,29H2,1-5H3/t30-;23-/m00/s1. The third kappa shape index (κ3) is 24.6. The van der Waals surface area contributed by atoms with Crippen molar-refractivity contribution in [3.05, 3.63) is 143 Å². The minimum Gasteiger partial charge on any atom is -0.494 e. The second kappa shape index (κ2) is 33.8. The number of unbranched alkanes of at least 4 members (excludes halogenated alkanes) is 8. The molecule has 5 aromatic carbocycles. The van der Waals surface area contributed by atoms with E-state index in [1.807, 2.05) is 30.3 Å². The van der Waals surface area contributed by atoms with Crippen LogP contribution in [0.2, 0.25) is 0 Å². The highest BCUT2D eigenvalue weighted by atomic mass is 16.6. The van der Waals surface area contributed by atoms with Gasteiger partial charge in [0, 0.05) is 6.42 Å². The zero-order valence-corrected chi connectivity index (χ0v) is 48.5. The van der Waals surface area contributed by atoms with E-state index in [0.717, 1.165) is 42.6 Å². The number of benzene rings is 5. The summed E-state index contributed by atoms with van der Waals surface area (Å²) in [7, 11) is 2.94. The van der Waals surface area contributed by atoms with Crippen molar-refractivity contribution in [1.29, 1.82) is 0 Å². The second-order valence-electron chi connectivity index (χ2n) is 21.2. The van der Waals surface area contributed by atoms with E-state index in [9.17, 15) is 24.0 Å². The van der Waals surface area contributed by atoms with Gasteiger partial charge >= 0.3 is 30.0 Å². The highest BCUT2D eigenvalue weighted by Gasteiger charge is 2.29. The van der Waals surface area contributed by atoms with Crippen molar-refractivity contribution in [2.75, 3.05) is 27.4 Å². The van der Waals surface area contributed by atoms with Crippen LogP contribution in [0.15, 0.2) is 115 Å². The van der Waals surface area contributed by atoms with E-state index >= 15 is 0 Å². The predicted molar refractivity (Wildman–Crippen MR) is 308 cm³/mol. The Kier molecular flexibility index (Phi) is 27.4. The number of ether oxygens (including phenoxy) is 9. The summed E-state index contributed by atoms with van der Waals surface area (Å²) < 4.78 is 49.8. The van der Waals surface area contributed by atoms with Crippen LogP contribution in [-0.4, -0.2) is 80.7 Å². The number of hydrogen-bond acceptors (Lipinski definition) is 15. The van der Waals surface area contributed by atoms with Gasteiger partial charge in [-0.2, -0.15) is 0 Å². The van der Waals surface area contributed by atoms with Gasteiger partial charge in [0.2, 0.25) is 0 Å². The van der Waals surface area contributed by atoms with Gasteiger partial charge in [0.05, 0.1) is 38.6 Å². The molecule has 0 aliphatic carbocycles. The Balaban J connectivity index is 0.000000356. The smallest absolute Gasteiger partial charge is 0.408 e. The van der Waals surface area contributed by atoms with Gasteiger partial charge in [-0.15, -0.1) is 0 Å². The summed E-state index contributed by atoms with van der Waals surface area (Å²) in [5.41, 5.74) is 7.61. The van der Waals surface area contributed by atoms with Crippen molar-refractivity contribution in [3.63, 3.8) is 0 Å². The first-order valence-corrected chi connectivity index (χ1v) is 27.6. The molecule has 0 fully saturated rings. The van der Waals surface area contributed by atoms with Crippen molar-refractivity contribution < 1.29 is 66.6 Å². The second-order valence-corrected chi connectivity index (χ2v) is 21.2. The third-order valence-electron chi connectivity index (χ3n) is 11.9. The summed E-state index contributed by atoms with van der Waals surface area (Å²) in [5.74, 6) is 0.417. The molecule has 0 saturated carbocycles. The number of hydrogen-bond donors (Lipinski definition) is 2. The van der Waals surface area contributed by atoms with Crippen LogP contribution in [-0.2, 0) is 43.2 Å². The van der Waals surface area contributed by atoms with Gasteiger partial charge in [0.1, 0.15) is 41.4 Å². The largest absolute Gasteiger partial charge is 0.494 e. The molecule has 2 atom stereocenters. The van der Waals surface area contributed by atoms with E-state index in [1.54, 1.807) is 126 Å². The quantitative estimate of drug-likeness (QED) is 0.0198. The Morgan fingerprint density at radius 2 is 0.938 bits per heavy atom. The Morgan fingerprint density at radius 3 is 1.38 bits per heavy atom. The van der Waals surface area contributed by atoms with Gasteiger partial charge in [-0.1, -0.05) is 108 Å². The molecule has 0 unspecified atom stereocenters. The van der Waals surface area contributed by atoms with Crippen LogP contribution >= 0.6 is 0 Å². The molecule has 434 valence electrons. The zero-order chi connectivity index (χ0) is 58.5. The lowest BCUT2D eigenvalue weighted by Gasteiger charge is -2.24. The molecule has 0 radical (unpaired) electrons. The fraction of sp³-hybridized carbons (Fsp3) is 0.453. The molecule has 80 heavy (non-hydrogen) atoms. The number of rotatable bonds is 29. The van der Waals surface area contributed by atoms with Gasteiger partial charge in [-0.25, -0.2) is 19.2 Å². The summed E-state index contributed by atoms with van der Waals surface area (Å²) in [6.07, 6.45) is 11.2. The lowest BCUT2D eigenvalue weighted by atomic mass is 10.0. The maximum absolute atomic E-state index is 13.0. The van der Waals surface area contributed by atoms with Crippen molar-refractivity contribution in [2.45, 2.75) is 162 Å². The van der Waals surface area contributed by atoms with E-state index in [-0.39, 0.29) is 30.9 Å².